The highest BCUT2D eigenvalue weighted by molar-refractivity contribution is 5.91. The van der Waals surface area contributed by atoms with E-state index in [4.69, 9.17) is 5.11 Å². The first-order chi connectivity index (χ1) is 9.77. The number of aliphatic carboxylic acids is 1. The lowest BCUT2D eigenvalue weighted by Gasteiger charge is -2.27. The summed E-state index contributed by atoms with van der Waals surface area (Å²) < 4.78 is 27.5. The smallest absolute Gasteiger partial charge is 0.323 e. The van der Waals surface area contributed by atoms with E-state index in [0.717, 1.165) is 11.0 Å². The lowest BCUT2D eigenvalue weighted by molar-refractivity contribution is -0.138. The highest BCUT2D eigenvalue weighted by atomic mass is 19.1. The molecule has 0 aromatic heterocycles. The Morgan fingerprint density at radius 1 is 1.38 bits per heavy atom. The van der Waals surface area contributed by atoms with E-state index in [0.29, 0.717) is 6.42 Å². The minimum absolute atomic E-state index is 0.181. The number of nitrogens with zero attached hydrogens (tertiary/aromatic N) is 1. The topological polar surface area (TPSA) is 69.6 Å². The maximum Gasteiger partial charge on any atom is 0.323 e. The van der Waals surface area contributed by atoms with E-state index in [2.05, 4.69) is 5.32 Å². The number of aryl methyl sites for hydroxylation is 1. The Morgan fingerprint density at radius 3 is 2.52 bits per heavy atom. The Hall–Kier alpha value is -2.18. The fraction of sp³-hybridized carbons (Fsp3) is 0.429. The van der Waals surface area contributed by atoms with Gasteiger partial charge in [-0.25, -0.2) is 13.6 Å². The van der Waals surface area contributed by atoms with Gasteiger partial charge in [0.1, 0.15) is 18.0 Å². The monoisotopic (exact) mass is 300 g/mol. The third-order valence-corrected chi connectivity index (χ3v) is 3.21. The lowest BCUT2D eigenvalue weighted by atomic mass is 10.2. The van der Waals surface area contributed by atoms with E-state index < -0.39 is 35.9 Å². The maximum absolute atomic E-state index is 13.8. The zero-order valence-corrected chi connectivity index (χ0v) is 12.1. The number of carboxylic acid groups (broad SMARTS) is 1. The molecule has 0 aliphatic heterocycles. The summed E-state index contributed by atoms with van der Waals surface area (Å²) in [5, 5.41) is 10.9. The Bertz CT molecular complexity index is 549. The molecule has 5 nitrogen and oxygen atoms in total. The molecule has 0 heterocycles. The summed E-state index contributed by atoms with van der Waals surface area (Å²) >= 11 is 0. The van der Waals surface area contributed by atoms with Crippen LogP contribution in [0.4, 0.5) is 19.3 Å². The van der Waals surface area contributed by atoms with Crippen LogP contribution >= 0.6 is 0 Å². The van der Waals surface area contributed by atoms with Crippen molar-refractivity contribution in [2.45, 2.75) is 33.2 Å². The number of hydrogen-bond donors (Lipinski definition) is 2. The standard InChI is InChI=1S/C14H18F2N2O3/c1-4-9(3)18(7-11(19)20)14(21)17-13-10(15)6-5-8(2)12(13)16/h5-6,9H,4,7H2,1-3H3,(H,17,21)(H,19,20). The fourth-order valence-corrected chi connectivity index (χ4v) is 1.74. The molecule has 0 spiro atoms. The molecule has 0 fully saturated rings. The van der Waals surface area contributed by atoms with Gasteiger partial charge in [-0.15, -0.1) is 0 Å². The number of carbonyl (C=O) groups excluding carboxylic acids is 1. The van der Waals surface area contributed by atoms with Crippen LogP contribution in [0.5, 0.6) is 0 Å². The number of anilines is 1. The number of carbonyl (C=O) groups is 2. The molecule has 116 valence electrons. The first-order valence-corrected chi connectivity index (χ1v) is 6.51. The van der Waals surface area contributed by atoms with Gasteiger partial charge < -0.3 is 15.3 Å². The van der Waals surface area contributed by atoms with Crippen molar-refractivity contribution in [2.75, 3.05) is 11.9 Å². The van der Waals surface area contributed by atoms with E-state index in [1.165, 1.54) is 13.0 Å². The van der Waals surface area contributed by atoms with Crippen molar-refractivity contribution >= 4 is 17.7 Å². The van der Waals surface area contributed by atoms with Crippen LogP contribution in [0.15, 0.2) is 12.1 Å². The van der Waals surface area contributed by atoms with E-state index in [-0.39, 0.29) is 11.6 Å². The predicted octanol–water partition coefficient (Wildman–Crippen LogP) is 2.99. The Morgan fingerprint density at radius 2 is 2.00 bits per heavy atom. The van der Waals surface area contributed by atoms with Crippen molar-refractivity contribution in [1.82, 2.24) is 4.90 Å². The zero-order chi connectivity index (χ0) is 16.2. The SMILES string of the molecule is CCC(C)N(CC(=O)O)C(=O)Nc1c(F)ccc(C)c1F. The fourth-order valence-electron chi connectivity index (χ4n) is 1.74. The summed E-state index contributed by atoms with van der Waals surface area (Å²) in [5.74, 6) is -2.98. The molecular weight excluding hydrogens is 282 g/mol. The highest BCUT2D eigenvalue weighted by Crippen LogP contribution is 2.22. The van der Waals surface area contributed by atoms with E-state index >= 15 is 0 Å². The number of rotatable bonds is 5. The predicted molar refractivity (Wildman–Crippen MR) is 74.2 cm³/mol. The summed E-state index contributed by atoms with van der Waals surface area (Å²) in [6.07, 6.45) is 0.513. The summed E-state index contributed by atoms with van der Waals surface area (Å²) in [6.45, 7) is 4.33. The first kappa shape index (κ1) is 16.9. The molecule has 0 aliphatic rings. The van der Waals surface area contributed by atoms with Crippen LogP contribution in [-0.4, -0.2) is 34.6 Å². The second kappa shape index (κ2) is 7.01. The van der Waals surface area contributed by atoms with Gasteiger partial charge in [-0.1, -0.05) is 13.0 Å². The molecule has 1 atom stereocenters. The molecule has 2 amide bonds. The zero-order valence-electron chi connectivity index (χ0n) is 12.1. The molecular formula is C14H18F2N2O3. The number of carboxylic acids is 1. The van der Waals surface area contributed by atoms with Gasteiger partial charge in [-0.2, -0.15) is 0 Å². The summed E-state index contributed by atoms with van der Waals surface area (Å²) in [6, 6.07) is 1.07. The second-order valence-electron chi connectivity index (χ2n) is 4.76. The third kappa shape index (κ3) is 4.14. The summed E-state index contributed by atoms with van der Waals surface area (Å²) in [5.41, 5.74) is -0.390. The molecule has 0 saturated heterocycles. The van der Waals surface area contributed by atoms with Crippen LogP contribution in [0, 0.1) is 18.6 Å². The first-order valence-electron chi connectivity index (χ1n) is 6.51. The summed E-state index contributed by atoms with van der Waals surface area (Å²) in [4.78, 5) is 23.9. The maximum atomic E-state index is 13.8. The van der Waals surface area contributed by atoms with Crippen LogP contribution < -0.4 is 5.32 Å². The third-order valence-electron chi connectivity index (χ3n) is 3.21. The minimum atomic E-state index is -1.20. The molecule has 0 bridgehead atoms. The minimum Gasteiger partial charge on any atom is -0.480 e. The van der Waals surface area contributed by atoms with Gasteiger partial charge in [0.2, 0.25) is 0 Å². The van der Waals surface area contributed by atoms with Crippen LogP contribution in [-0.2, 0) is 4.79 Å². The van der Waals surface area contributed by atoms with Gasteiger partial charge in [0.25, 0.3) is 0 Å². The van der Waals surface area contributed by atoms with Gasteiger partial charge in [-0.05, 0) is 31.9 Å². The van der Waals surface area contributed by atoms with Crippen molar-refractivity contribution in [3.63, 3.8) is 0 Å². The van der Waals surface area contributed by atoms with Crippen LogP contribution in [0.1, 0.15) is 25.8 Å². The van der Waals surface area contributed by atoms with Crippen molar-refractivity contribution < 1.29 is 23.5 Å². The number of amides is 2. The molecule has 0 radical (unpaired) electrons. The lowest BCUT2D eigenvalue weighted by Crippen LogP contribution is -2.44. The number of benzene rings is 1. The van der Waals surface area contributed by atoms with Crippen molar-refractivity contribution in [2.24, 2.45) is 0 Å². The normalized spacial score (nSPS) is 11.9. The van der Waals surface area contributed by atoms with Crippen molar-refractivity contribution in [3.8, 4) is 0 Å². The molecule has 0 saturated carbocycles. The molecule has 1 unspecified atom stereocenters. The quantitative estimate of drug-likeness (QED) is 0.878. The second-order valence-corrected chi connectivity index (χ2v) is 4.76. The molecule has 1 aromatic rings. The summed E-state index contributed by atoms with van der Waals surface area (Å²) in [7, 11) is 0. The van der Waals surface area contributed by atoms with Crippen molar-refractivity contribution in [3.05, 3.63) is 29.3 Å². The number of urea groups is 1. The average Bonchev–Trinajstić information content (AvgIpc) is 2.43. The van der Waals surface area contributed by atoms with Gasteiger partial charge >= 0.3 is 12.0 Å². The van der Waals surface area contributed by atoms with Crippen LogP contribution in [0.3, 0.4) is 0 Å². The molecule has 1 rings (SSSR count). The van der Waals surface area contributed by atoms with E-state index in [1.54, 1.807) is 13.8 Å². The highest BCUT2D eigenvalue weighted by Gasteiger charge is 2.24. The van der Waals surface area contributed by atoms with E-state index in [1.807, 2.05) is 0 Å². The Kier molecular flexibility index (Phi) is 5.63. The Balaban J connectivity index is 3.02. The van der Waals surface area contributed by atoms with Gasteiger partial charge in [0.05, 0.1) is 0 Å². The molecule has 2 N–H and O–H groups in total. The molecule has 7 heteroatoms. The van der Waals surface area contributed by atoms with E-state index in [9.17, 15) is 18.4 Å². The van der Waals surface area contributed by atoms with Crippen LogP contribution in [0.2, 0.25) is 0 Å². The molecule has 1 aromatic carbocycles. The number of nitrogens with one attached hydrogen (secondary N) is 1. The molecule has 0 aliphatic carbocycles. The van der Waals surface area contributed by atoms with Gasteiger partial charge in [0, 0.05) is 6.04 Å². The number of halogens is 2. The average molecular weight is 300 g/mol. The van der Waals surface area contributed by atoms with Gasteiger partial charge in [-0.3, -0.25) is 4.79 Å². The number of hydrogen-bond acceptors (Lipinski definition) is 2. The van der Waals surface area contributed by atoms with Gasteiger partial charge in [0.15, 0.2) is 5.82 Å². The van der Waals surface area contributed by atoms with Crippen LogP contribution in [0.25, 0.3) is 0 Å². The largest absolute Gasteiger partial charge is 0.480 e. The Labute approximate surface area is 121 Å². The van der Waals surface area contributed by atoms with Crippen molar-refractivity contribution in [1.29, 1.82) is 0 Å². The molecule has 21 heavy (non-hydrogen) atoms.